The molecule has 0 bridgehead atoms. The number of aromatic hydroxyl groups is 1. The van der Waals surface area contributed by atoms with Crippen molar-refractivity contribution in [2.75, 3.05) is 20.1 Å². The Morgan fingerprint density at radius 1 is 1.08 bits per heavy atom. The van der Waals surface area contributed by atoms with E-state index in [1.807, 2.05) is 42.5 Å². The van der Waals surface area contributed by atoms with Crippen LogP contribution < -0.4 is 5.32 Å². The number of rotatable bonds is 8. The second-order valence-corrected chi connectivity index (χ2v) is 9.73. The number of phenols is 1. The number of nitrogens with one attached hydrogen (secondary N) is 1. The molecule has 2 aromatic heterocycles. The molecule has 0 saturated carbocycles. The highest BCUT2D eigenvalue weighted by Gasteiger charge is 2.25. The number of carbonyl (C=O) groups is 2. The highest BCUT2D eigenvalue weighted by Crippen LogP contribution is 2.32. The van der Waals surface area contributed by atoms with Gasteiger partial charge in [0.1, 0.15) is 11.3 Å². The predicted molar refractivity (Wildman–Crippen MR) is 146 cm³/mol. The summed E-state index contributed by atoms with van der Waals surface area (Å²) in [5, 5.41) is 22.6. The van der Waals surface area contributed by atoms with Crippen LogP contribution in [0.3, 0.4) is 0 Å². The van der Waals surface area contributed by atoms with E-state index in [9.17, 15) is 14.7 Å². The highest BCUT2D eigenvalue weighted by molar-refractivity contribution is 6.10. The van der Waals surface area contributed by atoms with E-state index in [1.165, 1.54) is 0 Å². The van der Waals surface area contributed by atoms with Crippen LogP contribution in [0.15, 0.2) is 66.9 Å². The smallest absolute Gasteiger partial charge is 0.303 e. The van der Waals surface area contributed by atoms with Crippen LogP contribution in [-0.4, -0.2) is 63.1 Å². The molecule has 0 spiro atoms. The minimum absolute atomic E-state index is 0.0250. The molecule has 1 amide bonds. The third kappa shape index (κ3) is 5.50. The lowest BCUT2D eigenvalue weighted by Gasteiger charge is -2.23. The van der Waals surface area contributed by atoms with Gasteiger partial charge in [-0.2, -0.15) is 0 Å². The number of carbonyl (C=O) groups excluding carboxylic acids is 1. The number of carboxylic acid groups (broad SMARTS) is 1. The monoisotopic (exact) mass is 510 g/mol. The Balaban J connectivity index is 1.64. The predicted octanol–water partition coefficient (Wildman–Crippen LogP) is 4.51. The molecule has 1 fully saturated rings. The lowest BCUT2D eigenvalue weighted by Crippen LogP contribution is -2.39. The average molecular weight is 511 g/mol. The third-order valence-corrected chi connectivity index (χ3v) is 6.94. The zero-order chi connectivity index (χ0) is 26.6. The van der Waals surface area contributed by atoms with E-state index in [0.29, 0.717) is 40.8 Å². The van der Waals surface area contributed by atoms with Gasteiger partial charge < -0.3 is 20.4 Å². The summed E-state index contributed by atoms with van der Waals surface area (Å²) in [7, 11) is 1.81. The summed E-state index contributed by atoms with van der Waals surface area (Å²) >= 11 is 0. The summed E-state index contributed by atoms with van der Waals surface area (Å²) < 4.78 is 0. The van der Waals surface area contributed by atoms with Crippen LogP contribution in [-0.2, 0) is 11.2 Å². The first-order valence-electron chi connectivity index (χ1n) is 12.8. The van der Waals surface area contributed by atoms with Crippen LogP contribution in [0.2, 0.25) is 0 Å². The minimum atomic E-state index is -0.857. The maximum Gasteiger partial charge on any atom is 0.303 e. The highest BCUT2D eigenvalue weighted by atomic mass is 16.4. The first kappa shape index (κ1) is 25.4. The van der Waals surface area contributed by atoms with E-state index < -0.39 is 5.97 Å². The molecule has 1 aliphatic rings. The Morgan fingerprint density at radius 3 is 2.66 bits per heavy atom. The molecule has 194 valence electrons. The number of hydrogen-bond donors (Lipinski definition) is 3. The Morgan fingerprint density at radius 2 is 1.89 bits per heavy atom. The fourth-order valence-corrected chi connectivity index (χ4v) is 4.99. The molecule has 0 aliphatic carbocycles. The summed E-state index contributed by atoms with van der Waals surface area (Å²) in [4.78, 5) is 36.4. The van der Waals surface area contributed by atoms with Crippen LogP contribution in [0.5, 0.6) is 5.75 Å². The van der Waals surface area contributed by atoms with Gasteiger partial charge in [0.15, 0.2) is 0 Å². The van der Waals surface area contributed by atoms with Gasteiger partial charge in [0.25, 0.3) is 5.91 Å². The average Bonchev–Trinajstić information content (AvgIpc) is 3.43. The first-order valence-corrected chi connectivity index (χ1v) is 12.8. The number of phenolic OH excluding ortho intramolecular Hbond substituents is 1. The zero-order valence-electron chi connectivity index (χ0n) is 21.2. The fraction of sp³-hybridized carbons (Fsp3) is 0.267. The Kier molecular flexibility index (Phi) is 7.33. The van der Waals surface area contributed by atoms with E-state index in [0.717, 1.165) is 36.1 Å². The van der Waals surface area contributed by atoms with Crippen molar-refractivity contribution in [2.45, 2.75) is 31.7 Å². The number of nitrogens with zero attached hydrogens (tertiary/aromatic N) is 3. The number of carboxylic acids is 1. The summed E-state index contributed by atoms with van der Waals surface area (Å²) in [6, 6.07) is 18.3. The van der Waals surface area contributed by atoms with Crippen LogP contribution in [0.4, 0.5) is 0 Å². The molecule has 8 heteroatoms. The molecule has 8 nitrogen and oxygen atoms in total. The molecule has 1 saturated heterocycles. The maximum atomic E-state index is 14.1. The molecular formula is C30H30N4O4. The molecule has 4 aromatic rings. The molecular weight excluding hydrogens is 480 g/mol. The summed E-state index contributed by atoms with van der Waals surface area (Å²) in [5.74, 6) is -0.878. The van der Waals surface area contributed by atoms with Crippen molar-refractivity contribution in [2.24, 2.45) is 0 Å². The lowest BCUT2D eigenvalue weighted by atomic mass is 9.96. The molecule has 1 atom stereocenters. The largest absolute Gasteiger partial charge is 0.508 e. The molecule has 0 unspecified atom stereocenters. The normalized spacial score (nSPS) is 15.0. The second-order valence-electron chi connectivity index (χ2n) is 9.73. The Hall–Kier alpha value is -4.30. The molecule has 0 radical (unpaired) electrons. The summed E-state index contributed by atoms with van der Waals surface area (Å²) in [6.45, 7) is 1.53. The van der Waals surface area contributed by atoms with Crippen LogP contribution in [0.1, 0.15) is 35.2 Å². The SMILES string of the molecule is CN(C[C@@H]1CCCN1)C(=O)c1c(-c2cccc(CCC(=O)O)c2)cnc2ccc(-c3cccc(O)c3)nc12. The number of hydrogen-bond acceptors (Lipinski definition) is 6. The second kappa shape index (κ2) is 11.0. The number of aromatic nitrogens is 2. The van der Waals surface area contributed by atoms with Gasteiger partial charge in [0, 0.05) is 43.4 Å². The van der Waals surface area contributed by atoms with Gasteiger partial charge >= 0.3 is 5.97 Å². The van der Waals surface area contributed by atoms with Gasteiger partial charge in [-0.05, 0) is 61.2 Å². The number of likely N-dealkylation sites (N-methyl/N-ethyl adjacent to an activating group) is 1. The topological polar surface area (TPSA) is 116 Å². The summed E-state index contributed by atoms with van der Waals surface area (Å²) in [6.07, 6.45) is 4.22. The van der Waals surface area contributed by atoms with E-state index in [-0.39, 0.29) is 24.1 Å². The standard InChI is InChI=1S/C30H30N4O4/c1-34(18-22-8-4-14-31-22)30(38)28-24(20-6-2-5-19(15-20)10-13-27(36)37)17-32-26-12-11-25(33-29(26)28)21-7-3-9-23(35)16-21/h2-3,5-7,9,11-12,15-17,22,31,35H,4,8,10,13-14,18H2,1H3,(H,36,37)/t22-/m0/s1. The van der Waals surface area contributed by atoms with Crippen LogP contribution in [0.25, 0.3) is 33.4 Å². The maximum absolute atomic E-state index is 14.1. The fourth-order valence-electron chi connectivity index (χ4n) is 4.99. The molecule has 3 N–H and O–H groups in total. The van der Waals surface area contributed by atoms with Crippen LogP contribution in [0, 0.1) is 0 Å². The van der Waals surface area contributed by atoms with Crippen LogP contribution >= 0.6 is 0 Å². The number of fused-ring (bicyclic) bond motifs is 1. The number of aryl methyl sites for hydroxylation is 1. The molecule has 5 rings (SSSR count). The van der Waals surface area contributed by atoms with Gasteiger partial charge in [-0.1, -0.05) is 36.4 Å². The van der Waals surface area contributed by atoms with Crippen molar-refractivity contribution in [1.29, 1.82) is 0 Å². The molecule has 1 aliphatic heterocycles. The van der Waals surface area contributed by atoms with Crippen molar-refractivity contribution in [3.63, 3.8) is 0 Å². The number of benzene rings is 2. The number of pyridine rings is 2. The molecule has 3 heterocycles. The van der Waals surface area contributed by atoms with E-state index in [2.05, 4.69) is 10.3 Å². The van der Waals surface area contributed by atoms with Crippen molar-refractivity contribution in [1.82, 2.24) is 20.2 Å². The number of amides is 1. The zero-order valence-corrected chi connectivity index (χ0v) is 21.2. The van der Waals surface area contributed by atoms with Crippen molar-refractivity contribution < 1.29 is 19.8 Å². The first-order chi connectivity index (χ1) is 18.4. The van der Waals surface area contributed by atoms with Gasteiger partial charge in [0.2, 0.25) is 0 Å². The van der Waals surface area contributed by atoms with Gasteiger partial charge in [-0.25, -0.2) is 4.98 Å². The van der Waals surface area contributed by atoms with E-state index in [4.69, 9.17) is 10.1 Å². The molecule has 2 aromatic carbocycles. The van der Waals surface area contributed by atoms with Crippen molar-refractivity contribution in [3.8, 4) is 28.1 Å². The Labute approximate surface area is 221 Å². The third-order valence-electron chi connectivity index (χ3n) is 6.94. The van der Waals surface area contributed by atoms with E-state index in [1.54, 1.807) is 36.3 Å². The van der Waals surface area contributed by atoms with Gasteiger partial charge in [0.05, 0.1) is 16.8 Å². The van der Waals surface area contributed by atoms with Crippen molar-refractivity contribution >= 4 is 22.9 Å². The quantitative estimate of drug-likeness (QED) is 0.319. The van der Waals surface area contributed by atoms with Gasteiger partial charge in [-0.15, -0.1) is 0 Å². The Bertz CT molecular complexity index is 1500. The lowest BCUT2D eigenvalue weighted by molar-refractivity contribution is -0.136. The van der Waals surface area contributed by atoms with E-state index >= 15 is 0 Å². The van der Waals surface area contributed by atoms with Gasteiger partial charge in [-0.3, -0.25) is 14.6 Å². The number of aliphatic carboxylic acids is 1. The molecule has 38 heavy (non-hydrogen) atoms. The van der Waals surface area contributed by atoms with Crippen molar-refractivity contribution in [3.05, 3.63) is 78.0 Å². The minimum Gasteiger partial charge on any atom is -0.508 e. The summed E-state index contributed by atoms with van der Waals surface area (Å²) in [5.41, 5.74) is 5.17.